The largest absolute Gasteiger partial charge is 0.459 e. The van der Waals surface area contributed by atoms with Gasteiger partial charge in [0.25, 0.3) is 0 Å². The summed E-state index contributed by atoms with van der Waals surface area (Å²) in [6.45, 7) is 22.4. The van der Waals surface area contributed by atoms with E-state index in [1.165, 1.54) is 0 Å². The van der Waals surface area contributed by atoms with Crippen LogP contribution in [-0.4, -0.2) is 50.7 Å². The molecule has 178 valence electrons. The highest BCUT2D eigenvalue weighted by molar-refractivity contribution is 5.78. The maximum Gasteiger partial charge on any atom is 0.309 e. The van der Waals surface area contributed by atoms with E-state index in [0.717, 1.165) is 11.0 Å². The Hall–Kier alpha value is -1.10. The lowest BCUT2D eigenvalue weighted by molar-refractivity contribution is -0.870. The van der Waals surface area contributed by atoms with Gasteiger partial charge < -0.3 is 15.0 Å². The third-order valence-electron chi connectivity index (χ3n) is 6.83. The van der Waals surface area contributed by atoms with Gasteiger partial charge in [0, 0.05) is 5.92 Å². The van der Waals surface area contributed by atoms with Crippen LogP contribution in [0.5, 0.6) is 0 Å². The van der Waals surface area contributed by atoms with Crippen LogP contribution < -0.4 is 5.73 Å². The van der Waals surface area contributed by atoms with E-state index >= 15 is 0 Å². The minimum atomic E-state index is -0.377. The molecule has 0 aromatic carbocycles. The number of nitrogens with zero attached hydrogens (tertiary/aromatic N) is 1. The number of ether oxygens (including phenoxy) is 1. The molecule has 1 amide bonds. The zero-order chi connectivity index (χ0) is 24.3. The second kappa shape index (κ2) is 9.58. The van der Waals surface area contributed by atoms with Crippen molar-refractivity contribution in [2.45, 2.75) is 82.1 Å². The zero-order valence-electron chi connectivity index (χ0n) is 22.2. The van der Waals surface area contributed by atoms with Gasteiger partial charge >= 0.3 is 5.97 Å². The maximum absolute atomic E-state index is 13.1. The van der Waals surface area contributed by atoms with Crippen molar-refractivity contribution in [2.24, 2.45) is 39.2 Å². The fourth-order valence-electron chi connectivity index (χ4n) is 3.83. The van der Waals surface area contributed by atoms with Crippen molar-refractivity contribution < 1.29 is 18.8 Å². The number of hydrogen-bond donors (Lipinski definition) is 1. The topological polar surface area (TPSA) is 69.4 Å². The van der Waals surface area contributed by atoms with Crippen LogP contribution in [0.15, 0.2) is 0 Å². The van der Waals surface area contributed by atoms with Crippen LogP contribution in [-0.2, 0) is 14.3 Å². The normalized spacial score (nSPS) is 16.2. The van der Waals surface area contributed by atoms with Gasteiger partial charge in [-0.15, -0.1) is 0 Å². The quantitative estimate of drug-likeness (QED) is 0.399. The van der Waals surface area contributed by atoms with E-state index in [2.05, 4.69) is 90.4 Å². The lowest BCUT2D eigenvalue weighted by atomic mass is 9.54. The minimum Gasteiger partial charge on any atom is -0.459 e. The molecule has 0 aromatic rings. The van der Waals surface area contributed by atoms with Crippen molar-refractivity contribution in [1.29, 1.82) is 0 Å². The number of esters is 1. The first-order valence-corrected chi connectivity index (χ1v) is 11.3. The average Bonchev–Trinajstić information content (AvgIpc) is 2.46. The summed E-state index contributed by atoms with van der Waals surface area (Å²) in [5, 5.41) is 0. The van der Waals surface area contributed by atoms with Gasteiger partial charge in [0.15, 0.2) is 0 Å². The van der Waals surface area contributed by atoms with E-state index < -0.39 is 0 Å². The van der Waals surface area contributed by atoms with Gasteiger partial charge in [-0.2, -0.15) is 0 Å². The van der Waals surface area contributed by atoms with Gasteiger partial charge in [0.2, 0.25) is 5.91 Å². The van der Waals surface area contributed by atoms with Crippen LogP contribution in [0.3, 0.4) is 0 Å². The molecule has 5 nitrogen and oxygen atoms in total. The predicted molar refractivity (Wildman–Crippen MR) is 126 cm³/mol. The summed E-state index contributed by atoms with van der Waals surface area (Å²) < 4.78 is 6.46. The lowest BCUT2D eigenvalue weighted by Crippen LogP contribution is -2.49. The standard InChI is InChI=1S/C25H50N2O3/c1-22(2,3)16-18(20(26)28)25(9,10)24(7,8)17-19(23(4,5)6)21(29)30-15-14-27(11,12)13/h18-19H,14-17H2,1-13H3,(H-,26,28)/p+1. The van der Waals surface area contributed by atoms with Crippen LogP contribution in [0.25, 0.3) is 0 Å². The van der Waals surface area contributed by atoms with E-state index in [9.17, 15) is 9.59 Å². The summed E-state index contributed by atoms with van der Waals surface area (Å²) in [5.74, 6) is -0.947. The number of amides is 1. The molecule has 0 radical (unpaired) electrons. The molecule has 0 saturated carbocycles. The molecule has 30 heavy (non-hydrogen) atoms. The Morgan fingerprint density at radius 2 is 1.30 bits per heavy atom. The minimum absolute atomic E-state index is 0.0133. The molecule has 0 aromatic heterocycles. The molecule has 0 saturated heterocycles. The van der Waals surface area contributed by atoms with E-state index in [1.54, 1.807) is 0 Å². The maximum atomic E-state index is 13.1. The second-order valence-corrected chi connectivity index (χ2v) is 13.6. The van der Waals surface area contributed by atoms with Crippen molar-refractivity contribution in [3.63, 3.8) is 0 Å². The number of nitrogens with two attached hydrogens (primary N) is 1. The third kappa shape index (κ3) is 8.95. The Kier molecular flexibility index (Phi) is 9.23. The molecule has 0 fully saturated rings. The van der Waals surface area contributed by atoms with Crippen LogP contribution in [0.2, 0.25) is 0 Å². The Bertz CT molecular complexity index is 587. The molecule has 0 bridgehead atoms. The molecule has 0 spiro atoms. The average molecular weight is 428 g/mol. The van der Waals surface area contributed by atoms with E-state index in [0.29, 0.717) is 19.4 Å². The van der Waals surface area contributed by atoms with Gasteiger partial charge in [-0.3, -0.25) is 9.59 Å². The molecule has 0 heterocycles. The molecular weight excluding hydrogens is 376 g/mol. The first kappa shape index (κ1) is 28.9. The van der Waals surface area contributed by atoms with Crippen molar-refractivity contribution >= 4 is 11.9 Å². The van der Waals surface area contributed by atoms with Crippen molar-refractivity contribution in [1.82, 2.24) is 0 Å². The third-order valence-corrected chi connectivity index (χ3v) is 6.83. The first-order valence-electron chi connectivity index (χ1n) is 11.3. The summed E-state index contributed by atoms with van der Waals surface area (Å²) in [4.78, 5) is 25.5. The fraction of sp³-hybridized carbons (Fsp3) is 0.920. The Morgan fingerprint density at radius 1 is 0.833 bits per heavy atom. The summed E-state index contributed by atoms with van der Waals surface area (Å²) >= 11 is 0. The van der Waals surface area contributed by atoms with Gasteiger partial charge in [0.1, 0.15) is 13.2 Å². The van der Waals surface area contributed by atoms with E-state index in [4.69, 9.17) is 10.5 Å². The van der Waals surface area contributed by atoms with Crippen molar-refractivity contribution in [2.75, 3.05) is 34.3 Å². The number of rotatable bonds is 10. The van der Waals surface area contributed by atoms with E-state index in [-0.39, 0.29) is 45.4 Å². The van der Waals surface area contributed by atoms with Crippen LogP contribution in [0.4, 0.5) is 0 Å². The number of carbonyl (C=O) groups is 2. The molecule has 0 aliphatic carbocycles. The number of hydrogen-bond acceptors (Lipinski definition) is 3. The molecular formula is C25H51N2O3+. The summed E-state index contributed by atoms with van der Waals surface area (Å²) in [7, 11) is 6.25. The molecule has 0 aliphatic heterocycles. The first-order chi connectivity index (χ1) is 13.0. The molecule has 0 aliphatic rings. The van der Waals surface area contributed by atoms with Gasteiger partial charge in [-0.1, -0.05) is 69.2 Å². The summed E-state index contributed by atoms with van der Waals surface area (Å²) in [6, 6.07) is 0. The highest BCUT2D eigenvalue weighted by atomic mass is 16.5. The summed E-state index contributed by atoms with van der Waals surface area (Å²) in [5.41, 5.74) is 4.95. The zero-order valence-corrected chi connectivity index (χ0v) is 22.2. The van der Waals surface area contributed by atoms with E-state index in [1.807, 2.05) is 0 Å². The Morgan fingerprint density at radius 3 is 1.63 bits per heavy atom. The molecule has 2 unspecified atom stereocenters. The molecule has 5 heteroatoms. The second-order valence-electron chi connectivity index (χ2n) is 13.6. The van der Waals surface area contributed by atoms with Gasteiger partial charge in [0.05, 0.1) is 27.1 Å². The summed E-state index contributed by atoms with van der Waals surface area (Å²) in [6.07, 6.45) is 1.35. The fourth-order valence-corrected chi connectivity index (χ4v) is 3.83. The SMILES string of the molecule is CC(C)(C)CC(C(N)=O)C(C)(C)C(C)(C)CC(C(=O)OCC[N+](C)(C)C)C(C)(C)C. The van der Waals surface area contributed by atoms with Crippen LogP contribution in [0.1, 0.15) is 82.1 Å². The Balaban J connectivity index is 5.73. The van der Waals surface area contributed by atoms with Crippen molar-refractivity contribution in [3.8, 4) is 0 Å². The highest BCUT2D eigenvalue weighted by Crippen LogP contribution is 2.52. The lowest BCUT2D eigenvalue weighted by Gasteiger charge is -2.49. The monoisotopic (exact) mass is 427 g/mol. The number of carbonyl (C=O) groups excluding carboxylic acids is 2. The molecule has 0 rings (SSSR count). The number of primary amides is 1. The molecule has 2 N–H and O–H groups in total. The van der Waals surface area contributed by atoms with Crippen LogP contribution >= 0.6 is 0 Å². The smallest absolute Gasteiger partial charge is 0.309 e. The van der Waals surface area contributed by atoms with Gasteiger partial charge in [-0.25, -0.2) is 0 Å². The van der Waals surface area contributed by atoms with Crippen LogP contribution in [0, 0.1) is 33.5 Å². The molecule has 2 atom stereocenters. The Labute approximate surface area is 186 Å². The van der Waals surface area contributed by atoms with Gasteiger partial charge in [-0.05, 0) is 34.5 Å². The number of quaternary nitrogens is 1. The highest BCUT2D eigenvalue weighted by Gasteiger charge is 2.49. The van der Waals surface area contributed by atoms with Crippen molar-refractivity contribution in [3.05, 3.63) is 0 Å². The number of likely N-dealkylation sites (N-methyl/N-ethyl adjacent to an activating group) is 1. The predicted octanol–water partition coefficient (Wildman–Crippen LogP) is 4.88.